The Morgan fingerprint density at radius 1 is 1.24 bits per heavy atom. The third-order valence-corrected chi connectivity index (χ3v) is 6.21. The molecule has 0 spiro atoms. The molecule has 1 aromatic carbocycles. The molecule has 1 amide bonds. The first kappa shape index (κ1) is 20.3. The van der Waals surface area contributed by atoms with Crippen molar-refractivity contribution in [2.45, 2.75) is 26.0 Å². The zero-order chi connectivity index (χ0) is 20.1. The molecule has 2 saturated heterocycles. The van der Waals surface area contributed by atoms with E-state index in [9.17, 15) is 9.18 Å². The average Bonchev–Trinajstić information content (AvgIpc) is 3.21. The Hall–Kier alpha value is -2.03. The van der Waals surface area contributed by atoms with Crippen molar-refractivity contribution in [3.05, 3.63) is 46.2 Å². The Morgan fingerprint density at radius 2 is 2.03 bits per heavy atom. The molecule has 0 N–H and O–H groups in total. The number of hydrogen-bond acceptors (Lipinski definition) is 6. The van der Waals surface area contributed by atoms with E-state index in [1.165, 1.54) is 12.1 Å². The lowest BCUT2D eigenvalue weighted by Crippen LogP contribution is -2.48. The summed E-state index contributed by atoms with van der Waals surface area (Å²) in [7, 11) is 0. The fourth-order valence-electron chi connectivity index (χ4n) is 3.84. The number of amides is 1. The molecule has 2 aliphatic rings. The molecular weight excluding hydrogens is 393 g/mol. The fraction of sp³-hybridized carbons (Fsp3) is 0.524. The standard InChI is InChI=1S/C21H26FN3O3S/c22-17-3-5-19(6-4-17)28-14-20-23-18(15-29-20)13-24-7-1-2-16(12-24)21(26)25-8-10-27-11-9-25/h3-6,15-16H,1-2,7-14H2/t16-/m0/s1. The number of likely N-dealkylation sites (tertiary alicyclic amines) is 1. The van der Waals surface area contributed by atoms with Gasteiger partial charge in [-0.15, -0.1) is 11.3 Å². The molecule has 0 radical (unpaired) electrons. The summed E-state index contributed by atoms with van der Waals surface area (Å²) in [6, 6.07) is 5.99. The smallest absolute Gasteiger partial charge is 0.227 e. The van der Waals surface area contributed by atoms with Gasteiger partial charge in [-0.1, -0.05) is 0 Å². The summed E-state index contributed by atoms with van der Waals surface area (Å²) >= 11 is 1.56. The summed E-state index contributed by atoms with van der Waals surface area (Å²) in [6.45, 7) is 5.60. The van der Waals surface area contributed by atoms with Gasteiger partial charge in [0.05, 0.1) is 24.8 Å². The van der Waals surface area contributed by atoms with Crippen molar-refractivity contribution >= 4 is 17.2 Å². The third kappa shape index (κ3) is 5.52. The molecule has 0 unspecified atom stereocenters. The Bertz CT molecular complexity index is 808. The lowest BCUT2D eigenvalue weighted by Gasteiger charge is -2.36. The van der Waals surface area contributed by atoms with E-state index in [1.54, 1.807) is 23.5 Å². The molecule has 0 aliphatic carbocycles. The highest BCUT2D eigenvalue weighted by atomic mass is 32.1. The molecule has 2 fully saturated rings. The maximum Gasteiger partial charge on any atom is 0.227 e. The molecule has 2 aromatic rings. The molecule has 3 heterocycles. The number of aromatic nitrogens is 1. The molecule has 29 heavy (non-hydrogen) atoms. The molecule has 0 bridgehead atoms. The van der Waals surface area contributed by atoms with Gasteiger partial charge < -0.3 is 14.4 Å². The molecule has 8 heteroatoms. The molecule has 1 atom stereocenters. The number of carbonyl (C=O) groups excluding carboxylic acids is 1. The predicted molar refractivity (Wildman–Crippen MR) is 108 cm³/mol. The Labute approximate surface area is 174 Å². The largest absolute Gasteiger partial charge is 0.486 e. The van der Waals surface area contributed by atoms with E-state index in [0.717, 1.165) is 43.2 Å². The minimum absolute atomic E-state index is 0.0711. The molecule has 1 aromatic heterocycles. The maximum absolute atomic E-state index is 13.0. The summed E-state index contributed by atoms with van der Waals surface area (Å²) in [6.07, 6.45) is 1.99. The first-order valence-corrected chi connectivity index (χ1v) is 11.0. The quantitative estimate of drug-likeness (QED) is 0.721. The van der Waals surface area contributed by atoms with Crippen LogP contribution in [0.25, 0.3) is 0 Å². The van der Waals surface area contributed by atoms with E-state index in [4.69, 9.17) is 9.47 Å². The number of rotatable bonds is 6. The van der Waals surface area contributed by atoms with Gasteiger partial charge in [0.1, 0.15) is 23.2 Å². The van der Waals surface area contributed by atoms with Gasteiger partial charge in [0, 0.05) is 31.6 Å². The van der Waals surface area contributed by atoms with Gasteiger partial charge in [-0.3, -0.25) is 9.69 Å². The first-order chi connectivity index (χ1) is 14.2. The van der Waals surface area contributed by atoms with Crippen molar-refractivity contribution in [2.75, 3.05) is 39.4 Å². The number of hydrogen-bond donors (Lipinski definition) is 0. The van der Waals surface area contributed by atoms with Crippen molar-refractivity contribution in [3.8, 4) is 5.75 Å². The lowest BCUT2D eigenvalue weighted by atomic mass is 9.96. The maximum atomic E-state index is 13.0. The van der Waals surface area contributed by atoms with Crippen molar-refractivity contribution in [1.29, 1.82) is 0 Å². The average molecular weight is 420 g/mol. The zero-order valence-corrected chi connectivity index (χ0v) is 17.2. The van der Waals surface area contributed by atoms with Crippen LogP contribution in [0, 0.1) is 11.7 Å². The van der Waals surface area contributed by atoms with Crippen LogP contribution in [0.3, 0.4) is 0 Å². The van der Waals surface area contributed by atoms with E-state index in [-0.39, 0.29) is 17.6 Å². The summed E-state index contributed by atoms with van der Waals surface area (Å²) in [4.78, 5) is 21.7. The second kappa shape index (κ2) is 9.65. The Kier molecular flexibility index (Phi) is 6.74. The van der Waals surface area contributed by atoms with Crippen LogP contribution in [0.1, 0.15) is 23.5 Å². The highest BCUT2D eigenvalue weighted by Gasteiger charge is 2.30. The number of piperidine rings is 1. The highest BCUT2D eigenvalue weighted by molar-refractivity contribution is 7.09. The van der Waals surface area contributed by atoms with E-state index in [2.05, 4.69) is 15.3 Å². The predicted octanol–water partition coefficient (Wildman–Crippen LogP) is 2.93. The van der Waals surface area contributed by atoms with Crippen LogP contribution >= 0.6 is 11.3 Å². The number of ether oxygens (including phenoxy) is 2. The van der Waals surface area contributed by atoms with Crippen LogP contribution in [0.15, 0.2) is 29.6 Å². The number of carbonyl (C=O) groups is 1. The minimum Gasteiger partial charge on any atom is -0.486 e. The summed E-state index contributed by atoms with van der Waals surface area (Å²) in [5, 5.41) is 2.94. The van der Waals surface area contributed by atoms with Gasteiger partial charge in [-0.05, 0) is 43.7 Å². The van der Waals surface area contributed by atoms with Gasteiger partial charge in [-0.25, -0.2) is 9.37 Å². The van der Waals surface area contributed by atoms with Crippen molar-refractivity contribution < 1.29 is 18.7 Å². The summed E-state index contributed by atoms with van der Waals surface area (Å²) in [5.41, 5.74) is 1.01. The van der Waals surface area contributed by atoms with Gasteiger partial charge in [-0.2, -0.15) is 0 Å². The van der Waals surface area contributed by atoms with Crippen molar-refractivity contribution in [2.24, 2.45) is 5.92 Å². The van der Waals surface area contributed by atoms with Gasteiger partial charge >= 0.3 is 0 Å². The number of benzene rings is 1. The number of halogens is 1. The van der Waals surface area contributed by atoms with Crippen LogP contribution < -0.4 is 4.74 Å². The number of thiazole rings is 1. The molecule has 4 rings (SSSR count). The van der Waals surface area contributed by atoms with Gasteiger partial charge in [0.25, 0.3) is 0 Å². The van der Waals surface area contributed by atoms with Gasteiger partial charge in [0.15, 0.2) is 0 Å². The van der Waals surface area contributed by atoms with Crippen molar-refractivity contribution in [1.82, 2.24) is 14.8 Å². The molecular formula is C21H26FN3O3S. The summed E-state index contributed by atoms with van der Waals surface area (Å²) < 4.78 is 24.0. The summed E-state index contributed by atoms with van der Waals surface area (Å²) in [5.74, 6) is 0.691. The SMILES string of the molecule is O=C([C@H]1CCCN(Cc2csc(COc3ccc(F)cc3)n2)C1)N1CCOCC1. The zero-order valence-electron chi connectivity index (χ0n) is 16.4. The first-order valence-electron chi connectivity index (χ1n) is 10.1. The van der Waals surface area contributed by atoms with E-state index in [1.807, 2.05) is 4.90 Å². The van der Waals surface area contributed by atoms with E-state index < -0.39 is 0 Å². The normalized spacial score (nSPS) is 20.6. The third-order valence-electron chi connectivity index (χ3n) is 5.34. The minimum atomic E-state index is -0.277. The van der Waals surface area contributed by atoms with Crippen LogP contribution in [0.4, 0.5) is 4.39 Å². The number of nitrogens with zero attached hydrogens (tertiary/aromatic N) is 3. The van der Waals surface area contributed by atoms with E-state index >= 15 is 0 Å². The van der Waals surface area contributed by atoms with Crippen LogP contribution in [0.5, 0.6) is 5.75 Å². The second-order valence-corrected chi connectivity index (χ2v) is 8.43. The van der Waals surface area contributed by atoms with Gasteiger partial charge in [0.2, 0.25) is 5.91 Å². The molecule has 6 nitrogen and oxygen atoms in total. The topological polar surface area (TPSA) is 54.9 Å². The highest BCUT2D eigenvalue weighted by Crippen LogP contribution is 2.22. The lowest BCUT2D eigenvalue weighted by molar-refractivity contribution is -0.141. The van der Waals surface area contributed by atoms with Crippen LogP contribution in [-0.2, 0) is 22.7 Å². The Balaban J connectivity index is 1.27. The monoisotopic (exact) mass is 419 g/mol. The fourth-order valence-corrected chi connectivity index (χ4v) is 4.53. The molecule has 156 valence electrons. The Morgan fingerprint density at radius 3 is 2.83 bits per heavy atom. The van der Waals surface area contributed by atoms with Crippen molar-refractivity contribution in [3.63, 3.8) is 0 Å². The molecule has 2 aliphatic heterocycles. The number of morpholine rings is 1. The van der Waals surface area contributed by atoms with E-state index in [0.29, 0.717) is 38.7 Å². The van der Waals surface area contributed by atoms with Crippen LogP contribution in [0.2, 0.25) is 0 Å². The molecule has 0 saturated carbocycles. The van der Waals surface area contributed by atoms with Crippen LogP contribution in [-0.4, -0.2) is 60.1 Å². The second-order valence-electron chi connectivity index (χ2n) is 7.49.